The Hall–Kier alpha value is -0.610. The number of ether oxygens (including phenoxy) is 1. The minimum Gasteiger partial charge on any atom is -0.392 e. The largest absolute Gasteiger partial charge is 0.392 e. The average molecular weight is 309 g/mol. The smallest absolute Gasteiger partial charge is 0.222 e. The second-order valence-electron chi connectivity index (χ2n) is 7.52. The van der Waals surface area contributed by atoms with E-state index in [1.54, 1.807) is 0 Å². The van der Waals surface area contributed by atoms with Gasteiger partial charge in [-0.05, 0) is 38.5 Å². The van der Waals surface area contributed by atoms with Gasteiger partial charge >= 0.3 is 0 Å². The number of carbonyl (C=O) groups is 1. The zero-order chi connectivity index (χ0) is 15.6. The highest BCUT2D eigenvalue weighted by molar-refractivity contribution is 5.76. The van der Waals surface area contributed by atoms with Crippen LogP contribution in [0.4, 0.5) is 0 Å². The second-order valence-corrected chi connectivity index (χ2v) is 7.52. The Labute approximate surface area is 134 Å². The molecule has 2 saturated carbocycles. The van der Waals surface area contributed by atoms with E-state index in [9.17, 15) is 9.90 Å². The third kappa shape index (κ3) is 3.05. The van der Waals surface area contributed by atoms with Crippen LogP contribution in [0.1, 0.15) is 64.7 Å². The molecule has 0 radical (unpaired) electrons. The van der Waals surface area contributed by atoms with Gasteiger partial charge in [-0.3, -0.25) is 4.79 Å². The Morgan fingerprint density at radius 3 is 2.50 bits per heavy atom. The maximum atomic E-state index is 12.5. The number of hydrogen-bond donors (Lipinski definition) is 1. The highest BCUT2D eigenvalue weighted by Crippen LogP contribution is 2.51. The molecule has 126 valence electrons. The molecule has 22 heavy (non-hydrogen) atoms. The first-order valence-corrected chi connectivity index (χ1v) is 9.23. The molecule has 3 fully saturated rings. The average Bonchev–Trinajstić information content (AvgIpc) is 2.56. The van der Waals surface area contributed by atoms with E-state index < -0.39 is 0 Å². The summed E-state index contributed by atoms with van der Waals surface area (Å²) in [5.41, 5.74) is -0.0718. The molecular formula is C18H31NO3. The van der Waals surface area contributed by atoms with Gasteiger partial charge < -0.3 is 14.7 Å². The molecule has 0 bridgehead atoms. The number of aliphatic hydroxyl groups is 1. The van der Waals surface area contributed by atoms with Gasteiger partial charge in [0.15, 0.2) is 0 Å². The first-order valence-electron chi connectivity index (χ1n) is 9.23. The van der Waals surface area contributed by atoms with Crippen molar-refractivity contribution in [3.8, 4) is 0 Å². The van der Waals surface area contributed by atoms with Gasteiger partial charge in [-0.1, -0.05) is 19.3 Å². The van der Waals surface area contributed by atoms with Crippen molar-refractivity contribution in [2.75, 3.05) is 19.7 Å². The van der Waals surface area contributed by atoms with E-state index in [1.165, 1.54) is 32.1 Å². The van der Waals surface area contributed by atoms with Gasteiger partial charge in [-0.15, -0.1) is 0 Å². The Kier molecular flexibility index (Phi) is 5.08. The number of rotatable bonds is 4. The lowest BCUT2D eigenvalue weighted by atomic mass is 9.58. The lowest BCUT2D eigenvalue weighted by Gasteiger charge is -2.56. The van der Waals surface area contributed by atoms with Crippen LogP contribution in [0, 0.1) is 11.3 Å². The van der Waals surface area contributed by atoms with Crippen LogP contribution in [-0.2, 0) is 9.53 Å². The molecule has 1 heterocycles. The molecule has 2 aliphatic carbocycles. The number of piperidine rings is 1. The Balaban J connectivity index is 1.49. The van der Waals surface area contributed by atoms with Crippen LogP contribution in [0.3, 0.4) is 0 Å². The van der Waals surface area contributed by atoms with Crippen molar-refractivity contribution in [1.29, 1.82) is 0 Å². The molecule has 1 aliphatic heterocycles. The molecule has 1 amide bonds. The van der Waals surface area contributed by atoms with E-state index in [0.29, 0.717) is 18.4 Å². The van der Waals surface area contributed by atoms with Crippen molar-refractivity contribution in [1.82, 2.24) is 4.90 Å². The minimum atomic E-state index is -0.236. The predicted octanol–water partition coefficient (Wildman–Crippen LogP) is 2.74. The van der Waals surface area contributed by atoms with Crippen molar-refractivity contribution in [2.24, 2.45) is 11.3 Å². The van der Waals surface area contributed by atoms with Crippen LogP contribution in [-0.4, -0.2) is 47.8 Å². The first-order chi connectivity index (χ1) is 10.7. The molecule has 4 nitrogen and oxygen atoms in total. The molecular weight excluding hydrogens is 278 g/mol. The Bertz CT molecular complexity index is 382. The summed E-state index contributed by atoms with van der Waals surface area (Å²) >= 11 is 0. The molecule has 4 heteroatoms. The van der Waals surface area contributed by atoms with Gasteiger partial charge in [0, 0.05) is 38.0 Å². The molecule has 0 aromatic carbocycles. The summed E-state index contributed by atoms with van der Waals surface area (Å²) in [5.74, 6) is 0.950. The van der Waals surface area contributed by atoms with E-state index in [4.69, 9.17) is 4.74 Å². The third-order valence-corrected chi connectivity index (χ3v) is 6.35. The Morgan fingerprint density at radius 1 is 1.23 bits per heavy atom. The van der Waals surface area contributed by atoms with Crippen LogP contribution in [0.15, 0.2) is 0 Å². The van der Waals surface area contributed by atoms with Crippen molar-refractivity contribution in [3.05, 3.63) is 0 Å². The van der Waals surface area contributed by atoms with Gasteiger partial charge in [-0.25, -0.2) is 0 Å². The van der Waals surface area contributed by atoms with Gasteiger partial charge in [0.2, 0.25) is 5.91 Å². The van der Waals surface area contributed by atoms with Crippen molar-refractivity contribution < 1.29 is 14.6 Å². The van der Waals surface area contributed by atoms with E-state index in [-0.39, 0.29) is 17.6 Å². The summed E-state index contributed by atoms with van der Waals surface area (Å²) in [6.45, 7) is 4.32. The van der Waals surface area contributed by atoms with Gasteiger partial charge in [-0.2, -0.15) is 0 Å². The fourth-order valence-electron chi connectivity index (χ4n) is 4.76. The molecule has 0 aromatic rings. The summed E-state index contributed by atoms with van der Waals surface area (Å²) in [6, 6.07) is 0. The number of likely N-dealkylation sites (tertiary alicyclic amines) is 1. The molecule has 3 rings (SSSR count). The third-order valence-electron chi connectivity index (χ3n) is 6.35. The summed E-state index contributed by atoms with van der Waals surface area (Å²) in [4.78, 5) is 14.5. The zero-order valence-corrected chi connectivity index (χ0v) is 13.9. The lowest BCUT2D eigenvalue weighted by molar-refractivity contribution is -0.210. The first kappa shape index (κ1) is 16.3. The maximum absolute atomic E-state index is 12.5. The standard InChI is InChI=1S/C18H31NO3/c1-2-22-16-13-15(20)18(16)8-10-19(11-9-18)17(21)12-14-6-4-3-5-7-14/h14-16,20H,2-13H2,1H3. The number of carbonyl (C=O) groups excluding carboxylic acids is 1. The van der Waals surface area contributed by atoms with Gasteiger partial charge in [0.1, 0.15) is 0 Å². The zero-order valence-electron chi connectivity index (χ0n) is 13.9. The van der Waals surface area contributed by atoms with E-state index in [2.05, 4.69) is 0 Å². The quantitative estimate of drug-likeness (QED) is 0.868. The second kappa shape index (κ2) is 6.88. The predicted molar refractivity (Wildman–Crippen MR) is 85.5 cm³/mol. The van der Waals surface area contributed by atoms with Gasteiger partial charge in [0.05, 0.1) is 12.2 Å². The van der Waals surface area contributed by atoms with Crippen molar-refractivity contribution in [2.45, 2.75) is 76.9 Å². The molecule has 0 aromatic heterocycles. The molecule has 1 saturated heterocycles. The molecule has 1 spiro atoms. The Morgan fingerprint density at radius 2 is 1.91 bits per heavy atom. The molecule has 1 N–H and O–H groups in total. The number of aliphatic hydroxyl groups excluding tert-OH is 1. The molecule has 2 unspecified atom stereocenters. The van der Waals surface area contributed by atoms with Crippen LogP contribution in [0.5, 0.6) is 0 Å². The maximum Gasteiger partial charge on any atom is 0.222 e. The van der Waals surface area contributed by atoms with Crippen LogP contribution < -0.4 is 0 Å². The van der Waals surface area contributed by atoms with E-state index in [1.807, 2.05) is 11.8 Å². The van der Waals surface area contributed by atoms with Gasteiger partial charge in [0.25, 0.3) is 0 Å². The fraction of sp³-hybridized carbons (Fsp3) is 0.944. The lowest BCUT2D eigenvalue weighted by Crippen LogP contribution is -2.62. The highest BCUT2D eigenvalue weighted by atomic mass is 16.5. The number of hydrogen-bond acceptors (Lipinski definition) is 3. The minimum absolute atomic E-state index is 0.0718. The SMILES string of the molecule is CCOC1CC(O)C12CCN(C(=O)CC1CCCCC1)CC2. The van der Waals surface area contributed by atoms with E-state index in [0.717, 1.165) is 38.8 Å². The summed E-state index contributed by atoms with van der Waals surface area (Å²) in [6.07, 6.45) is 9.66. The normalized spacial score (nSPS) is 32.0. The topological polar surface area (TPSA) is 49.8 Å². The number of nitrogens with zero attached hydrogens (tertiary/aromatic N) is 1. The van der Waals surface area contributed by atoms with Crippen molar-refractivity contribution in [3.63, 3.8) is 0 Å². The summed E-state index contributed by atoms with van der Waals surface area (Å²) in [5, 5.41) is 10.2. The summed E-state index contributed by atoms with van der Waals surface area (Å²) < 4.78 is 5.80. The van der Waals surface area contributed by atoms with Crippen LogP contribution in [0.2, 0.25) is 0 Å². The molecule has 3 aliphatic rings. The monoisotopic (exact) mass is 309 g/mol. The van der Waals surface area contributed by atoms with Crippen LogP contribution in [0.25, 0.3) is 0 Å². The van der Waals surface area contributed by atoms with Crippen molar-refractivity contribution >= 4 is 5.91 Å². The van der Waals surface area contributed by atoms with Crippen LogP contribution >= 0.6 is 0 Å². The molecule has 2 atom stereocenters. The summed E-state index contributed by atoms with van der Waals surface area (Å²) in [7, 11) is 0. The van der Waals surface area contributed by atoms with E-state index >= 15 is 0 Å². The number of amides is 1. The highest BCUT2D eigenvalue weighted by Gasteiger charge is 2.56. The fourth-order valence-corrected chi connectivity index (χ4v) is 4.76.